The highest BCUT2D eigenvalue weighted by molar-refractivity contribution is 6.19. The number of nitrogens with zero attached hydrogens (tertiary/aromatic N) is 2. The smallest absolute Gasteiger partial charge is 0.0540 e. The summed E-state index contributed by atoms with van der Waals surface area (Å²) in [6.45, 7) is 2.14. The lowest BCUT2D eigenvalue weighted by molar-refractivity contribution is 1.28. The largest absolute Gasteiger partial charge is 0.311 e. The second-order valence-electron chi connectivity index (χ2n) is 14.7. The Morgan fingerprint density at radius 2 is 0.737 bits per heavy atom. The zero-order chi connectivity index (χ0) is 38.1. The maximum absolute atomic E-state index is 2.40. The normalized spacial score (nSPS) is 11.5. The van der Waals surface area contributed by atoms with Crippen LogP contribution in [0.2, 0.25) is 0 Å². The average molecular weight is 729 g/mol. The molecule has 10 rings (SSSR count). The molecule has 0 aromatic heterocycles. The summed E-state index contributed by atoms with van der Waals surface area (Å²) in [5.41, 5.74) is 18.0. The molecule has 0 saturated carbocycles. The Kier molecular flexibility index (Phi) is 8.78. The van der Waals surface area contributed by atoms with Crippen molar-refractivity contribution in [3.05, 3.63) is 229 Å². The molecule has 2 nitrogen and oxygen atoms in total. The van der Waals surface area contributed by atoms with Gasteiger partial charge >= 0.3 is 0 Å². The van der Waals surface area contributed by atoms with E-state index in [4.69, 9.17) is 0 Å². The molecule has 0 fully saturated rings. The maximum atomic E-state index is 2.40. The van der Waals surface area contributed by atoms with Crippen molar-refractivity contribution < 1.29 is 0 Å². The number of fused-ring (bicyclic) bond motifs is 3. The number of para-hydroxylation sites is 2. The Balaban J connectivity index is 0.906. The molecule has 9 aromatic carbocycles. The predicted molar refractivity (Wildman–Crippen MR) is 243 cm³/mol. The van der Waals surface area contributed by atoms with E-state index in [0.717, 1.165) is 39.6 Å². The third-order valence-electron chi connectivity index (χ3n) is 11.1. The molecule has 57 heavy (non-hydrogen) atoms. The zero-order valence-electron chi connectivity index (χ0n) is 31.8. The van der Waals surface area contributed by atoms with Gasteiger partial charge in [0.1, 0.15) is 0 Å². The number of hydrogen-bond donors (Lipinski definition) is 0. The first-order valence-corrected chi connectivity index (χ1v) is 19.6. The van der Waals surface area contributed by atoms with Crippen molar-refractivity contribution in [2.24, 2.45) is 0 Å². The first kappa shape index (κ1) is 34.1. The van der Waals surface area contributed by atoms with Gasteiger partial charge in [0.15, 0.2) is 0 Å². The van der Waals surface area contributed by atoms with Crippen LogP contribution in [0.5, 0.6) is 0 Å². The molecule has 9 aromatic rings. The molecule has 1 aliphatic carbocycles. The molecule has 0 aliphatic heterocycles. The molecule has 1 aliphatic rings. The minimum Gasteiger partial charge on any atom is -0.311 e. The number of rotatable bonds is 9. The van der Waals surface area contributed by atoms with Crippen molar-refractivity contribution in [2.45, 2.75) is 6.92 Å². The number of aryl methyl sites for hydroxylation is 1. The van der Waals surface area contributed by atoms with Gasteiger partial charge in [-0.3, -0.25) is 0 Å². The topological polar surface area (TPSA) is 6.48 Å². The van der Waals surface area contributed by atoms with Gasteiger partial charge in [0.2, 0.25) is 0 Å². The molecule has 0 unspecified atom stereocenters. The van der Waals surface area contributed by atoms with Crippen LogP contribution in [-0.2, 0) is 0 Å². The van der Waals surface area contributed by atoms with Crippen LogP contribution >= 0.6 is 0 Å². The van der Waals surface area contributed by atoms with Gasteiger partial charge in [-0.1, -0.05) is 163 Å². The van der Waals surface area contributed by atoms with Gasteiger partial charge in [-0.05, 0) is 124 Å². The maximum Gasteiger partial charge on any atom is 0.0540 e. The van der Waals surface area contributed by atoms with Gasteiger partial charge in [-0.25, -0.2) is 0 Å². The number of benzene rings is 9. The molecule has 0 radical (unpaired) electrons. The quantitative estimate of drug-likeness (QED) is 0.137. The Labute approximate surface area is 334 Å². The van der Waals surface area contributed by atoms with Crippen molar-refractivity contribution in [1.82, 2.24) is 0 Å². The molecular formula is C55H40N2. The second-order valence-corrected chi connectivity index (χ2v) is 14.7. The fraction of sp³-hybridized carbons (Fsp3) is 0.0182. The third kappa shape index (κ3) is 6.48. The van der Waals surface area contributed by atoms with Crippen molar-refractivity contribution in [1.29, 1.82) is 0 Å². The van der Waals surface area contributed by atoms with Crippen LogP contribution in [0.25, 0.3) is 56.3 Å². The monoisotopic (exact) mass is 728 g/mol. The summed E-state index contributed by atoms with van der Waals surface area (Å²) in [5.74, 6) is 0. The summed E-state index contributed by atoms with van der Waals surface area (Å²) >= 11 is 0. The van der Waals surface area contributed by atoms with Crippen molar-refractivity contribution >= 4 is 57.0 Å². The van der Waals surface area contributed by atoms with Gasteiger partial charge < -0.3 is 9.80 Å². The fourth-order valence-electron chi connectivity index (χ4n) is 8.23. The molecule has 0 heterocycles. The van der Waals surface area contributed by atoms with Crippen LogP contribution < -0.4 is 9.80 Å². The fourth-order valence-corrected chi connectivity index (χ4v) is 8.23. The first-order chi connectivity index (χ1) is 28.2. The second kappa shape index (κ2) is 14.7. The van der Waals surface area contributed by atoms with Gasteiger partial charge in [0, 0.05) is 33.8 Å². The highest BCUT2D eigenvalue weighted by Crippen LogP contribution is 2.51. The van der Waals surface area contributed by atoms with Crippen molar-refractivity contribution in [3.63, 3.8) is 0 Å². The van der Waals surface area contributed by atoms with Crippen LogP contribution in [0.3, 0.4) is 0 Å². The molecule has 0 atom stereocenters. The van der Waals surface area contributed by atoms with Crippen LogP contribution in [0, 0.1) is 6.92 Å². The summed E-state index contributed by atoms with van der Waals surface area (Å²) in [6.07, 6.45) is 4.37. The minimum atomic E-state index is 1.12. The summed E-state index contributed by atoms with van der Waals surface area (Å²) < 4.78 is 0. The summed E-state index contributed by atoms with van der Waals surface area (Å²) in [4.78, 5) is 4.68. The van der Waals surface area contributed by atoms with E-state index >= 15 is 0 Å². The van der Waals surface area contributed by atoms with E-state index < -0.39 is 0 Å². The third-order valence-corrected chi connectivity index (χ3v) is 11.1. The van der Waals surface area contributed by atoms with E-state index in [1.165, 1.54) is 55.4 Å². The van der Waals surface area contributed by atoms with E-state index in [-0.39, 0.29) is 0 Å². The van der Waals surface area contributed by atoms with Gasteiger partial charge in [0.05, 0.1) is 5.69 Å². The van der Waals surface area contributed by atoms with Gasteiger partial charge in [0.25, 0.3) is 0 Å². The number of hydrogen-bond acceptors (Lipinski definition) is 2. The first-order valence-electron chi connectivity index (χ1n) is 19.6. The molecule has 0 spiro atoms. The lowest BCUT2D eigenvalue weighted by Gasteiger charge is -2.27. The SMILES string of the molecule is Cc1ccc(N(c2ccc(-c3ccc(/C=C/c4ccc(N(c5ccccc5)c5ccccc5)cc4)cc3)cc2)c2ccc3c4c(cccc24)-c2ccccc2-3)cc1. The molecule has 0 amide bonds. The molecular weight excluding hydrogens is 689 g/mol. The average Bonchev–Trinajstić information content (AvgIpc) is 3.61. The Hall–Kier alpha value is -7.42. The van der Waals surface area contributed by atoms with Crippen LogP contribution in [0.4, 0.5) is 34.1 Å². The summed E-state index contributed by atoms with van der Waals surface area (Å²) in [7, 11) is 0. The summed E-state index contributed by atoms with van der Waals surface area (Å²) in [5, 5.41) is 2.58. The van der Waals surface area contributed by atoms with Crippen LogP contribution in [0.1, 0.15) is 16.7 Å². The summed E-state index contributed by atoms with van der Waals surface area (Å²) in [6, 6.07) is 76.5. The standard InChI is InChI=1S/C55H40N2/c1-39-19-31-47(32-20-39)57(54-38-37-52-50-16-9-8-15-49(50)51-17-10-18-53(54)55(51)52)48-35-29-43(30-36-48)42-27-23-40(24-28-42)21-22-41-25-33-46(34-26-41)56(44-11-4-2-5-12-44)45-13-6-3-7-14-45/h2-38H,1H3/b22-21+. The molecule has 270 valence electrons. The van der Waals surface area contributed by atoms with Crippen LogP contribution in [-0.4, -0.2) is 0 Å². The minimum absolute atomic E-state index is 1.12. The van der Waals surface area contributed by atoms with Crippen molar-refractivity contribution in [2.75, 3.05) is 9.80 Å². The molecule has 2 heteroatoms. The molecule has 0 N–H and O–H groups in total. The van der Waals surface area contributed by atoms with E-state index in [1.807, 2.05) is 0 Å². The lowest BCUT2D eigenvalue weighted by Crippen LogP contribution is -2.10. The Morgan fingerprint density at radius 3 is 1.32 bits per heavy atom. The van der Waals surface area contributed by atoms with E-state index in [2.05, 4.69) is 241 Å². The molecule has 0 saturated heterocycles. The predicted octanol–water partition coefficient (Wildman–Crippen LogP) is 15.6. The highest BCUT2D eigenvalue weighted by Gasteiger charge is 2.24. The van der Waals surface area contributed by atoms with Gasteiger partial charge in [-0.2, -0.15) is 0 Å². The zero-order valence-corrected chi connectivity index (χ0v) is 31.8. The Bertz CT molecular complexity index is 2790. The number of anilines is 6. The lowest BCUT2D eigenvalue weighted by atomic mass is 9.99. The van der Waals surface area contributed by atoms with E-state index in [0.29, 0.717) is 0 Å². The van der Waals surface area contributed by atoms with E-state index in [9.17, 15) is 0 Å². The van der Waals surface area contributed by atoms with Crippen molar-refractivity contribution in [3.8, 4) is 33.4 Å². The van der Waals surface area contributed by atoms with E-state index in [1.54, 1.807) is 0 Å². The highest BCUT2D eigenvalue weighted by atomic mass is 15.1. The van der Waals surface area contributed by atoms with Gasteiger partial charge in [-0.15, -0.1) is 0 Å². The van der Waals surface area contributed by atoms with Crippen LogP contribution in [0.15, 0.2) is 212 Å². The Morgan fingerprint density at radius 1 is 0.316 bits per heavy atom. The molecule has 0 bridgehead atoms.